The van der Waals surface area contributed by atoms with Crippen LogP contribution < -0.4 is 10.2 Å². The molecule has 3 aromatic rings. The van der Waals surface area contributed by atoms with Crippen molar-refractivity contribution in [2.45, 2.75) is 75.3 Å². The molecule has 1 unspecified atom stereocenters. The van der Waals surface area contributed by atoms with E-state index >= 15 is 0 Å². The summed E-state index contributed by atoms with van der Waals surface area (Å²) < 4.78 is 36.7. The Kier molecular flexibility index (Phi) is 10.4. The van der Waals surface area contributed by atoms with E-state index < -0.39 is 39.9 Å². The highest BCUT2D eigenvalue weighted by Crippen LogP contribution is 2.34. The van der Waals surface area contributed by atoms with Gasteiger partial charge in [-0.2, -0.15) is 8.42 Å². The van der Waals surface area contributed by atoms with E-state index in [9.17, 15) is 36.3 Å². The van der Waals surface area contributed by atoms with Crippen molar-refractivity contribution in [2.24, 2.45) is 0 Å². The van der Waals surface area contributed by atoms with Crippen molar-refractivity contribution < 1.29 is 36.3 Å². The summed E-state index contributed by atoms with van der Waals surface area (Å²) >= 11 is 0. The Bertz CT molecular complexity index is 1910. The van der Waals surface area contributed by atoms with Crippen LogP contribution in [0, 0.1) is 0 Å². The first-order valence-electron chi connectivity index (χ1n) is 16.8. The van der Waals surface area contributed by atoms with Gasteiger partial charge in [0.25, 0.3) is 11.8 Å². The Hall–Kier alpha value is -4.99. The summed E-state index contributed by atoms with van der Waals surface area (Å²) in [6.45, 7) is 2.38. The van der Waals surface area contributed by atoms with Crippen LogP contribution >= 0.6 is 0 Å². The Morgan fingerprint density at radius 2 is 1.62 bits per heavy atom. The molecule has 5 amide bonds. The predicted molar refractivity (Wildman–Crippen MR) is 177 cm³/mol. The number of rotatable bonds is 13. The van der Waals surface area contributed by atoms with E-state index in [4.69, 9.17) is 0 Å². The van der Waals surface area contributed by atoms with Crippen molar-refractivity contribution in [3.8, 4) is 0 Å². The van der Waals surface area contributed by atoms with Crippen molar-refractivity contribution >= 4 is 45.4 Å². The summed E-state index contributed by atoms with van der Waals surface area (Å²) in [5, 5.41) is 10.5. The highest BCUT2D eigenvalue weighted by atomic mass is 32.3. The number of hydrogen-bond acceptors (Lipinski definition) is 10. The van der Waals surface area contributed by atoms with Crippen molar-refractivity contribution in [3.63, 3.8) is 0 Å². The molecule has 3 aliphatic rings. The minimum Gasteiger partial charge on any atom is -0.367 e. The fraction of sp³-hybridized carbons (Fsp3) is 0.441. The lowest BCUT2D eigenvalue weighted by molar-refractivity contribution is -0.136. The molecule has 264 valence electrons. The number of imide groups is 2. The van der Waals surface area contributed by atoms with Crippen LogP contribution in [0.2, 0.25) is 0 Å². The molecule has 0 radical (unpaired) electrons. The number of piperazine rings is 1. The Labute approximate surface area is 288 Å². The zero-order chi connectivity index (χ0) is 35.4. The van der Waals surface area contributed by atoms with Gasteiger partial charge in [0.1, 0.15) is 6.04 Å². The number of nitrogens with zero attached hydrogens (tertiary/aromatic N) is 6. The third kappa shape index (κ3) is 7.74. The minimum atomic E-state index is -4.73. The van der Waals surface area contributed by atoms with Crippen molar-refractivity contribution in [1.29, 1.82) is 0 Å². The zero-order valence-corrected chi connectivity index (χ0v) is 28.2. The van der Waals surface area contributed by atoms with Gasteiger partial charge in [-0.25, -0.2) is 4.68 Å². The van der Waals surface area contributed by atoms with E-state index in [0.717, 1.165) is 54.7 Å². The third-order valence-corrected chi connectivity index (χ3v) is 10.2. The molecule has 0 bridgehead atoms. The molecule has 6 rings (SSSR count). The molecule has 50 heavy (non-hydrogen) atoms. The van der Waals surface area contributed by atoms with Crippen LogP contribution in [0.1, 0.15) is 83.3 Å². The van der Waals surface area contributed by atoms with Crippen LogP contribution in [-0.4, -0.2) is 95.0 Å². The number of anilines is 1. The number of amides is 5. The van der Waals surface area contributed by atoms with Crippen molar-refractivity contribution in [3.05, 3.63) is 71.0 Å². The highest BCUT2D eigenvalue weighted by molar-refractivity contribution is 7.86. The predicted octanol–water partition coefficient (Wildman–Crippen LogP) is 2.62. The van der Waals surface area contributed by atoms with E-state index in [1.165, 1.54) is 12.1 Å². The number of aromatic nitrogens is 3. The molecule has 1 aromatic heterocycles. The number of aryl methyl sites for hydroxylation is 1. The quantitative estimate of drug-likeness (QED) is 0.158. The van der Waals surface area contributed by atoms with Crippen LogP contribution in [-0.2, 0) is 37.6 Å². The smallest absolute Gasteiger partial charge is 0.332 e. The van der Waals surface area contributed by atoms with Gasteiger partial charge in [0.2, 0.25) is 17.7 Å². The summed E-state index contributed by atoms with van der Waals surface area (Å²) in [5.41, 5.74) is 2.73. The number of fused-ring (bicyclic) bond motifs is 1. The van der Waals surface area contributed by atoms with Crippen LogP contribution in [0.3, 0.4) is 0 Å². The number of piperidine rings is 1. The highest BCUT2D eigenvalue weighted by Gasteiger charge is 2.46. The van der Waals surface area contributed by atoms with E-state index in [1.54, 1.807) is 35.0 Å². The monoisotopic (exact) mass is 707 g/mol. The van der Waals surface area contributed by atoms with Gasteiger partial charge in [-0.15, -0.1) is 8.98 Å². The topological polar surface area (TPSA) is 172 Å². The molecule has 1 N–H and O–H groups in total. The molecule has 0 aliphatic carbocycles. The van der Waals surface area contributed by atoms with Crippen LogP contribution in [0.15, 0.2) is 53.6 Å². The third-order valence-electron chi connectivity index (χ3n) is 9.38. The van der Waals surface area contributed by atoms with Gasteiger partial charge in [-0.05, 0) is 55.5 Å². The lowest BCUT2D eigenvalue weighted by atomic mass is 10.0. The number of hydrogen-bond donors (Lipinski definition) is 1. The zero-order valence-electron chi connectivity index (χ0n) is 27.4. The number of halogens is 1. The molecule has 2 saturated heterocycles. The van der Waals surface area contributed by atoms with Gasteiger partial charge in [-0.3, -0.25) is 34.2 Å². The standard InChI is InChI=1S/C34H38FN7O7S/c35-50(48,49)25-13-11-23(12-14-25)21-41-22-24(37-38-41)7-4-2-1-3-5-10-30(44)40-19-17-39(18-20-40)27-9-6-8-26-31(27)34(47)42(33(26)46)28-15-16-29(43)36-32(28)45/h6,8-9,11-14,22,28H,1-5,7,10,15-21H2,(H,36,43,45). The largest absolute Gasteiger partial charge is 0.367 e. The van der Waals surface area contributed by atoms with Crippen molar-refractivity contribution in [2.75, 3.05) is 31.1 Å². The maximum absolute atomic E-state index is 13.5. The van der Waals surface area contributed by atoms with E-state index in [0.29, 0.717) is 44.8 Å². The molecule has 2 aromatic carbocycles. The van der Waals surface area contributed by atoms with Crippen LogP contribution in [0.25, 0.3) is 0 Å². The Balaban J connectivity index is 0.891. The molecular weight excluding hydrogens is 669 g/mol. The molecule has 3 aliphatic heterocycles. The summed E-state index contributed by atoms with van der Waals surface area (Å²) in [6, 6.07) is 9.59. The van der Waals surface area contributed by atoms with Gasteiger partial charge < -0.3 is 9.80 Å². The molecule has 0 spiro atoms. The molecule has 14 nitrogen and oxygen atoms in total. The Morgan fingerprint density at radius 1 is 0.900 bits per heavy atom. The number of nitrogens with one attached hydrogen (secondary N) is 1. The van der Waals surface area contributed by atoms with Gasteiger partial charge in [0, 0.05) is 45.2 Å². The second-order valence-electron chi connectivity index (χ2n) is 12.8. The first-order valence-corrected chi connectivity index (χ1v) is 18.2. The molecule has 4 heterocycles. The van der Waals surface area contributed by atoms with E-state index in [-0.39, 0.29) is 34.8 Å². The summed E-state index contributed by atoms with van der Waals surface area (Å²) in [5.74, 6) is -2.05. The van der Waals surface area contributed by atoms with Crippen molar-refractivity contribution in [1.82, 2.24) is 30.1 Å². The maximum atomic E-state index is 13.5. The first kappa shape index (κ1) is 34.9. The molecule has 1 atom stereocenters. The average Bonchev–Trinajstić information content (AvgIpc) is 3.65. The van der Waals surface area contributed by atoms with Gasteiger partial charge in [-0.1, -0.05) is 42.7 Å². The van der Waals surface area contributed by atoms with Gasteiger partial charge in [0.15, 0.2) is 0 Å². The molecule has 16 heteroatoms. The van der Waals surface area contributed by atoms with Crippen LogP contribution in [0.5, 0.6) is 0 Å². The molecular formula is C34H38FN7O7S. The first-order chi connectivity index (χ1) is 24.0. The molecule has 0 saturated carbocycles. The molecule has 2 fully saturated rings. The second kappa shape index (κ2) is 14.9. The number of carbonyl (C=O) groups excluding carboxylic acids is 5. The van der Waals surface area contributed by atoms with E-state index in [1.807, 2.05) is 16.0 Å². The SMILES string of the molecule is O=C1CCC(N2C(=O)c3cccc(N4CCN(C(=O)CCCCCCCc5cn(Cc6ccc(S(=O)(=O)F)cc6)nn5)CC4)c3C2=O)C(=O)N1. The van der Waals surface area contributed by atoms with E-state index in [2.05, 4.69) is 15.6 Å². The Morgan fingerprint density at radius 3 is 2.34 bits per heavy atom. The van der Waals surface area contributed by atoms with Crippen LogP contribution in [0.4, 0.5) is 9.57 Å². The number of carbonyl (C=O) groups is 5. The number of unbranched alkanes of at least 4 members (excludes halogenated alkanes) is 4. The average molecular weight is 708 g/mol. The van der Waals surface area contributed by atoms with Gasteiger partial charge >= 0.3 is 10.2 Å². The van der Waals surface area contributed by atoms with Gasteiger partial charge in [0.05, 0.1) is 33.9 Å². The normalized spacial score (nSPS) is 18.1. The lowest BCUT2D eigenvalue weighted by Gasteiger charge is -2.37. The second-order valence-corrected chi connectivity index (χ2v) is 14.1. The number of benzene rings is 2. The summed E-state index contributed by atoms with van der Waals surface area (Å²) in [4.78, 5) is 68.1. The summed E-state index contributed by atoms with van der Waals surface area (Å²) in [7, 11) is -4.73. The fourth-order valence-electron chi connectivity index (χ4n) is 6.70. The maximum Gasteiger partial charge on any atom is 0.332 e. The summed E-state index contributed by atoms with van der Waals surface area (Å²) in [6.07, 6.45) is 7.85. The minimum absolute atomic E-state index is 0.0572. The fourth-order valence-corrected chi connectivity index (χ4v) is 7.16. The lowest BCUT2D eigenvalue weighted by Crippen LogP contribution is -2.54.